The minimum atomic E-state index is -5.82. The molecule has 1 aromatic heterocycles. The zero-order chi connectivity index (χ0) is 24.7. The van der Waals surface area contributed by atoms with E-state index in [-0.39, 0.29) is 0 Å². The topological polar surface area (TPSA) is 227 Å². The van der Waals surface area contributed by atoms with Gasteiger partial charge in [0.2, 0.25) is 11.5 Å². The van der Waals surface area contributed by atoms with Gasteiger partial charge in [-0.1, -0.05) is 5.92 Å². The number of nitrogens with one attached hydrogen (secondary N) is 1. The first kappa shape index (κ1) is 27.1. The lowest BCUT2D eigenvalue weighted by Gasteiger charge is -2.24. The summed E-state index contributed by atoms with van der Waals surface area (Å²) in [7, 11) is -17.1. The van der Waals surface area contributed by atoms with Crippen LogP contribution in [0.1, 0.15) is 6.23 Å². The maximum absolute atomic E-state index is 15.2. The van der Waals surface area contributed by atoms with E-state index in [2.05, 4.69) is 13.1 Å². The van der Waals surface area contributed by atoms with E-state index in [0.717, 1.165) is 0 Å². The third kappa shape index (κ3) is 6.25. The van der Waals surface area contributed by atoms with Gasteiger partial charge in [0, 0.05) is 0 Å². The van der Waals surface area contributed by atoms with Gasteiger partial charge in [-0.05, 0) is 12.2 Å². The van der Waals surface area contributed by atoms with E-state index in [1.54, 1.807) is 5.92 Å². The Morgan fingerprint density at radius 3 is 2.41 bits per heavy atom. The van der Waals surface area contributed by atoms with E-state index in [9.17, 15) is 32.9 Å². The van der Waals surface area contributed by atoms with Crippen molar-refractivity contribution < 1.29 is 65.0 Å². The summed E-state index contributed by atoms with van der Waals surface area (Å²) in [5, 5.41) is 10.2. The molecule has 6 unspecified atom stereocenters. The Hall–Kier alpha value is -1.15. The van der Waals surface area contributed by atoms with Gasteiger partial charge in [-0.15, -0.1) is 6.42 Å². The van der Waals surface area contributed by atoms with Crippen LogP contribution in [0.2, 0.25) is 0 Å². The van der Waals surface area contributed by atoms with E-state index in [1.165, 1.54) is 0 Å². The Bertz CT molecular complexity index is 1190. The lowest BCUT2D eigenvalue weighted by atomic mass is 9.97. The van der Waals surface area contributed by atoms with E-state index in [1.807, 2.05) is 4.98 Å². The molecule has 0 aliphatic carbocycles. The van der Waals surface area contributed by atoms with E-state index < -0.39 is 70.3 Å². The summed E-state index contributed by atoms with van der Waals surface area (Å²) < 4.78 is 78.8. The fraction of sp³-hybridized carbons (Fsp3) is 0.455. The molecule has 15 nitrogen and oxygen atoms in total. The molecule has 180 valence electrons. The van der Waals surface area contributed by atoms with Crippen molar-refractivity contribution >= 4 is 35.7 Å². The molecule has 1 saturated heterocycles. The van der Waals surface area contributed by atoms with Crippen molar-refractivity contribution in [3.8, 4) is 12.3 Å². The van der Waals surface area contributed by atoms with Crippen LogP contribution >= 0.6 is 35.7 Å². The predicted octanol–water partition coefficient (Wildman–Crippen LogP) is -0.0119. The maximum Gasteiger partial charge on any atom is 0.490 e. The van der Waals surface area contributed by atoms with E-state index >= 15 is 4.39 Å². The van der Waals surface area contributed by atoms with Gasteiger partial charge in [0.15, 0.2) is 11.0 Å². The van der Waals surface area contributed by atoms with Gasteiger partial charge in [-0.3, -0.25) is 18.9 Å². The highest BCUT2D eigenvalue weighted by Gasteiger charge is 2.58. The summed E-state index contributed by atoms with van der Waals surface area (Å²) in [4.78, 5) is 48.5. The minimum Gasteiger partial charge on any atom is -0.386 e. The molecule has 0 radical (unpaired) electrons. The van der Waals surface area contributed by atoms with Crippen LogP contribution in [0.4, 0.5) is 8.78 Å². The lowest BCUT2D eigenvalue weighted by Crippen LogP contribution is -2.42. The Morgan fingerprint density at radius 2 is 1.88 bits per heavy atom. The maximum atomic E-state index is 15.2. The number of aromatic nitrogens is 2. The van der Waals surface area contributed by atoms with Crippen molar-refractivity contribution in [1.29, 1.82) is 0 Å². The van der Waals surface area contributed by atoms with Crippen LogP contribution in [-0.2, 0) is 31.6 Å². The number of ether oxygens (including phenoxy) is 1. The van der Waals surface area contributed by atoms with Crippen LogP contribution < -0.4 is 5.56 Å². The number of halogens is 2. The molecular formula is C11H13F2N2O13P3S. The monoisotopic (exact) mass is 544 g/mol. The van der Waals surface area contributed by atoms with Crippen molar-refractivity contribution in [2.24, 2.45) is 0 Å². The average Bonchev–Trinajstić information content (AvgIpc) is 2.85. The molecule has 2 heterocycles. The third-order valence-electron chi connectivity index (χ3n) is 3.66. The lowest BCUT2D eigenvalue weighted by molar-refractivity contribution is -0.0530. The molecular weight excluding hydrogens is 531 g/mol. The number of hydrogen-bond donors (Lipinski definition) is 6. The highest BCUT2D eigenvalue weighted by atomic mass is 32.1. The zero-order valence-corrected chi connectivity index (χ0v) is 18.5. The molecule has 0 amide bonds. The minimum absolute atomic E-state index is 0.426. The summed E-state index contributed by atoms with van der Waals surface area (Å²) in [5.74, 6) is 0.135. The van der Waals surface area contributed by atoms with Gasteiger partial charge < -0.3 is 29.4 Å². The predicted molar refractivity (Wildman–Crippen MR) is 98.3 cm³/mol. The largest absolute Gasteiger partial charge is 0.490 e. The molecule has 6 N–H and O–H groups in total. The Labute approximate surface area is 181 Å². The van der Waals surface area contributed by atoms with Crippen molar-refractivity contribution in [1.82, 2.24) is 9.55 Å². The average molecular weight is 544 g/mol. The van der Waals surface area contributed by atoms with Crippen molar-refractivity contribution in [3.05, 3.63) is 27.1 Å². The smallest absolute Gasteiger partial charge is 0.386 e. The van der Waals surface area contributed by atoms with Crippen molar-refractivity contribution in [3.63, 3.8) is 0 Å². The number of aliphatic hydroxyl groups excluding tert-OH is 1. The number of aliphatic hydroxyl groups is 1. The highest BCUT2D eigenvalue weighted by Crippen LogP contribution is 2.66. The second-order valence-electron chi connectivity index (χ2n) is 5.91. The summed E-state index contributed by atoms with van der Waals surface area (Å²) >= 11 is 4.76. The van der Waals surface area contributed by atoms with Gasteiger partial charge in [-0.2, -0.15) is 13.0 Å². The summed E-state index contributed by atoms with van der Waals surface area (Å²) in [6, 6.07) is 0. The van der Waals surface area contributed by atoms with Crippen LogP contribution in [0, 0.1) is 22.9 Å². The van der Waals surface area contributed by atoms with E-state index in [0.29, 0.717) is 10.8 Å². The Balaban J connectivity index is 2.23. The molecule has 2 rings (SSSR count). The first-order valence-electron chi connectivity index (χ1n) is 7.70. The number of rotatable bonds is 8. The van der Waals surface area contributed by atoms with Crippen molar-refractivity contribution in [2.75, 3.05) is 6.61 Å². The first-order chi connectivity index (χ1) is 14.4. The van der Waals surface area contributed by atoms with Crippen LogP contribution in [0.5, 0.6) is 0 Å². The van der Waals surface area contributed by atoms with Crippen molar-refractivity contribution in [2.45, 2.75) is 24.1 Å². The molecule has 1 fully saturated rings. The molecule has 1 aliphatic heterocycles. The molecule has 0 saturated carbocycles. The molecule has 1 aromatic rings. The van der Waals surface area contributed by atoms with Gasteiger partial charge in [0.25, 0.3) is 5.56 Å². The molecule has 0 bridgehead atoms. The molecule has 0 aromatic carbocycles. The second-order valence-corrected chi connectivity index (χ2v) is 10.7. The van der Waals surface area contributed by atoms with Crippen LogP contribution in [0.3, 0.4) is 0 Å². The number of phosphoric ester groups is 1. The Kier molecular flexibility index (Phi) is 7.83. The fourth-order valence-electron chi connectivity index (χ4n) is 2.42. The SMILES string of the molecule is C#CC1(F)C(O)C(COP(=O)(O)OP(=O)(O)OP(=O)(O)O)OC1n1cc(F)c(=O)[nH]c1=S. The molecule has 21 heteroatoms. The summed E-state index contributed by atoms with van der Waals surface area (Å²) in [5.41, 5.74) is -4.40. The summed E-state index contributed by atoms with van der Waals surface area (Å²) in [6.45, 7) is -1.26. The van der Waals surface area contributed by atoms with Crippen LogP contribution in [0.15, 0.2) is 11.0 Å². The number of hydrogen-bond acceptors (Lipinski definition) is 10. The fourth-order valence-corrected chi connectivity index (χ4v) is 5.69. The number of alkyl halides is 1. The number of H-pyrrole nitrogens is 1. The molecule has 32 heavy (non-hydrogen) atoms. The molecule has 1 aliphatic rings. The first-order valence-corrected chi connectivity index (χ1v) is 12.6. The number of nitrogens with zero attached hydrogens (tertiary/aromatic N) is 1. The highest BCUT2D eigenvalue weighted by molar-refractivity contribution is 7.71. The van der Waals surface area contributed by atoms with Gasteiger partial charge in [0.1, 0.15) is 12.2 Å². The van der Waals surface area contributed by atoms with Gasteiger partial charge in [-0.25, -0.2) is 18.1 Å². The van der Waals surface area contributed by atoms with Crippen LogP contribution in [-0.4, -0.2) is 58.7 Å². The second kappa shape index (κ2) is 9.24. The molecule has 0 spiro atoms. The van der Waals surface area contributed by atoms with Gasteiger partial charge in [0.05, 0.1) is 12.8 Å². The quantitative estimate of drug-likeness (QED) is 0.144. The van der Waals surface area contributed by atoms with Crippen LogP contribution in [0.25, 0.3) is 0 Å². The van der Waals surface area contributed by atoms with E-state index in [4.69, 9.17) is 38.1 Å². The number of aromatic amines is 1. The zero-order valence-electron chi connectivity index (χ0n) is 15.0. The number of phosphoric acid groups is 3. The Morgan fingerprint density at radius 1 is 1.28 bits per heavy atom. The number of terminal acetylenes is 1. The third-order valence-corrected chi connectivity index (χ3v) is 7.78. The van der Waals surface area contributed by atoms with Gasteiger partial charge >= 0.3 is 23.5 Å². The normalized spacial score (nSPS) is 29.8. The summed E-state index contributed by atoms with van der Waals surface area (Å²) in [6.07, 6.45) is -0.783. The molecule has 6 atom stereocenters. The standard InChI is InChI=1S/C11H13F2N2O13P3S/c1-2-11(13)7(16)6(26-9(11)15-3-5(12)8(17)14-10(15)32)4-25-30(21,22)28-31(23,24)27-29(18,19)20/h1,3,6-7,9,16H,4H2,(H,21,22)(H,23,24)(H,14,17,32)(H2,18,19,20).